The van der Waals surface area contributed by atoms with Crippen LogP contribution in [0.2, 0.25) is 0 Å². The molecule has 0 radical (unpaired) electrons. The second kappa shape index (κ2) is 6.03. The molecule has 0 aliphatic rings. The number of ether oxygens (including phenoxy) is 1. The molecule has 3 nitrogen and oxygen atoms in total. The van der Waals surface area contributed by atoms with Crippen LogP contribution in [0, 0.1) is 0 Å². The SMILES string of the molecule is CCN(CC)CC(C)(N)c1cccc(OC)c1. The number of rotatable bonds is 6. The number of benzene rings is 1. The fourth-order valence-electron chi connectivity index (χ4n) is 1.98. The van der Waals surface area contributed by atoms with Crippen molar-refractivity contribution in [3.05, 3.63) is 29.8 Å². The minimum absolute atomic E-state index is 0.347. The van der Waals surface area contributed by atoms with Crippen LogP contribution >= 0.6 is 0 Å². The highest BCUT2D eigenvalue weighted by Crippen LogP contribution is 2.23. The van der Waals surface area contributed by atoms with Gasteiger partial charge in [-0.05, 0) is 37.7 Å². The third-order valence-electron chi connectivity index (χ3n) is 3.18. The molecule has 0 aliphatic carbocycles. The van der Waals surface area contributed by atoms with E-state index in [2.05, 4.69) is 31.7 Å². The largest absolute Gasteiger partial charge is 0.497 e. The summed E-state index contributed by atoms with van der Waals surface area (Å²) >= 11 is 0. The predicted octanol–water partition coefficient (Wildman–Crippen LogP) is 2.21. The quantitative estimate of drug-likeness (QED) is 0.823. The number of nitrogens with zero attached hydrogens (tertiary/aromatic N) is 1. The van der Waals surface area contributed by atoms with E-state index >= 15 is 0 Å². The van der Waals surface area contributed by atoms with Gasteiger partial charge in [0.05, 0.1) is 12.6 Å². The highest BCUT2D eigenvalue weighted by molar-refractivity contribution is 5.33. The van der Waals surface area contributed by atoms with Crippen molar-refractivity contribution in [1.29, 1.82) is 0 Å². The fourth-order valence-corrected chi connectivity index (χ4v) is 1.98. The first-order chi connectivity index (χ1) is 8.03. The van der Waals surface area contributed by atoms with E-state index in [1.54, 1.807) is 7.11 Å². The molecule has 96 valence electrons. The molecule has 1 unspecified atom stereocenters. The van der Waals surface area contributed by atoms with E-state index in [9.17, 15) is 0 Å². The number of nitrogens with two attached hydrogens (primary N) is 1. The van der Waals surface area contributed by atoms with E-state index in [0.29, 0.717) is 0 Å². The van der Waals surface area contributed by atoms with Gasteiger partial charge in [0.15, 0.2) is 0 Å². The normalized spacial score (nSPS) is 14.7. The van der Waals surface area contributed by atoms with E-state index in [-0.39, 0.29) is 5.54 Å². The number of hydrogen-bond acceptors (Lipinski definition) is 3. The average Bonchev–Trinajstić information content (AvgIpc) is 2.36. The Morgan fingerprint density at radius 3 is 2.47 bits per heavy atom. The number of likely N-dealkylation sites (N-methyl/N-ethyl adjacent to an activating group) is 1. The average molecular weight is 236 g/mol. The van der Waals surface area contributed by atoms with Gasteiger partial charge < -0.3 is 15.4 Å². The van der Waals surface area contributed by atoms with Gasteiger partial charge >= 0.3 is 0 Å². The van der Waals surface area contributed by atoms with Crippen molar-refractivity contribution in [3.63, 3.8) is 0 Å². The molecular formula is C14H24N2O. The first-order valence-electron chi connectivity index (χ1n) is 6.19. The summed E-state index contributed by atoms with van der Waals surface area (Å²) in [5.41, 5.74) is 7.18. The molecule has 0 aliphatic heterocycles. The molecule has 1 rings (SSSR count). The third-order valence-corrected chi connectivity index (χ3v) is 3.18. The summed E-state index contributed by atoms with van der Waals surface area (Å²) in [7, 11) is 1.68. The van der Waals surface area contributed by atoms with Crippen LogP contribution < -0.4 is 10.5 Å². The lowest BCUT2D eigenvalue weighted by Crippen LogP contribution is -2.45. The van der Waals surface area contributed by atoms with Crippen molar-refractivity contribution >= 4 is 0 Å². The van der Waals surface area contributed by atoms with Crippen molar-refractivity contribution in [1.82, 2.24) is 4.90 Å². The number of methoxy groups -OCH3 is 1. The molecule has 0 heterocycles. The maximum absolute atomic E-state index is 6.42. The summed E-state index contributed by atoms with van der Waals surface area (Å²) in [5, 5.41) is 0. The summed E-state index contributed by atoms with van der Waals surface area (Å²) in [5.74, 6) is 0.860. The van der Waals surface area contributed by atoms with Gasteiger partial charge in [0.2, 0.25) is 0 Å². The predicted molar refractivity (Wildman–Crippen MR) is 72.3 cm³/mol. The van der Waals surface area contributed by atoms with E-state index < -0.39 is 0 Å². The second-order valence-electron chi connectivity index (χ2n) is 4.61. The van der Waals surface area contributed by atoms with E-state index in [1.807, 2.05) is 18.2 Å². The van der Waals surface area contributed by atoms with Gasteiger partial charge in [0.1, 0.15) is 5.75 Å². The molecule has 0 saturated carbocycles. The van der Waals surface area contributed by atoms with E-state index in [1.165, 1.54) is 0 Å². The van der Waals surface area contributed by atoms with Crippen molar-refractivity contribution in [3.8, 4) is 5.75 Å². The van der Waals surface area contributed by atoms with Gasteiger partial charge in [-0.25, -0.2) is 0 Å². The third kappa shape index (κ3) is 3.72. The Morgan fingerprint density at radius 2 is 1.94 bits per heavy atom. The van der Waals surface area contributed by atoms with Crippen LogP contribution in [0.15, 0.2) is 24.3 Å². The Bertz CT molecular complexity index is 346. The minimum atomic E-state index is -0.347. The summed E-state index contributed by atoms with van der Waals surface area (Å²) in [6.07, 6.45) is 0. The molecule has 0 bridgehead atoms. The summed E-state index contributed by atoms with van der Waals surface area (Å²) in [4.78, 5) is 2.33. The van der Waals surface area contributed by atoms with Crippen molar-refractivity contribution in [2.24, 2.45) is 5.73 Å². The van der Waals surface area contributed by atoms with Gasteiger partial charge in [-0.3, -0.25) is 0 Å². The van der Waals surface area contributed by atoms with Crippen molar-refractivity contribution < 1.29 is 4.74 Å². The monoisotopic (exact) mass is 236 g/mol. The maximum atomic E-state index is 6.42. The molecule has 0 aromatic heterocycles. The summed E-state index contributed by atoms with van der Waals surface area (Å²) in [6.45, 7) is 9.28. The standard InChI is InChI=1S/C14H24N2O/c1-5-16(6-2)11-14(3,15)12-8-7-9-13(10-12)17-4/h7-10H,5-6,11,15H2,1-4H3. The van der Waals surface area contributed by atoms with Crippen LogP contribution in [0.25, 0.3) is 0 Å². The van der Waals surface area contributed by atoms with Crippen LogP contribution in [-0.2, 0) is 5.54 Å². The Morgan fingerprint density at radius 1 is 1.29 bits per heavy atom. The molecular weight excluding hydrogens is 212 g/mol. The summed E-state index contributed by atoms with van der Waals surface area (Å²) < 4.78 is 5.24. The van der Waals surface area contributed by atoms with Crippen molar-refractivity contribution in [2.75, 3.05) is 26.7 Å². The zero-order valence-electron chi connectivity index (χ0n) is 11.4. The highest BCUT2D eigenvalue weighted by Gasteiger charge is 2.23. The van der Waals surface area contributed by atoms with Crippen LogP contribution in [0.4, 0.5) is 0 Å². The van der Waals surface area contributed by atoms with E-state index in [4.69, 9.17) is 10.5 Å². The minimum Gasteiger partial charge on any atom is -0.497 e. The molecule has 2 N–H and O–H groups in total. The van der Waals surface area contributed by atoms with Gasteiger partial charge in [0.25, 0.3) is 0 Å². The molecule has 0 amide bonds. The Kier molecular flexibility index (Phi) is 4.97. The molecule has 0 saturated heterocycles. The lowest BCUT2D eigenvalue weighted by molar-refractivity contribution is 0.237. The first-order valence-corrected chi connectivity index (χ1v) is 6.19. The van der Waals surface area contributed by atoms with E-state index in [0.717, 1.165) is 30.9 Å². The molecule has 1 aromatic carbocycles. The Labute approximate surface area is 105 Å². The van der Waals surface area contributed by atoms with Gasteiger partial charge in [-0.1, -0.05) is 26.0 Å². The smallest absolute Gasteiger partial charge is 0.119 e. The lowest BCUT2D eigenvalue weighted by Gasteiger charge is -2.32. The molecule has 3 heteroatoms. The van der Waals surface area contributed by atoms with Crippen LogP contribution in [0.1, 0.15) is 26.3 Å². The number of hydrogen-bond donors (Lipinski definition) is 1. The fraction of sp³-hybridized carbons (Fsp3) is 0.571. The van der Waals surface area contributed by atoms with Crippen molar-refractivity contribution in [2.45, 2.75) is 26.3 Å². The first kappa shape index (κ1) is 14.0. The molecule has 1 aromatic rings. The molecule has 0 fully saturated rings. The highest BCUT2D eigenvalue weighted by atomic mass is 16.5. The second-order valence-corrected chi connectivity index (χ2v) is 4.61. The Balaban J connectivity index is 2.87. The van der Waals surface area contributed by atoms with Gasteiger partial charge in [0, 0.05) is 6.54 Å². The van der Waals surface area contributed by atoms with Gasteiger partial charge in [-0.2, -0.15) is 0 Å². The molecule has 17 heavy (non-hydrogen) atoms. The zero-order valence-corrected chi connectivity index (χ0v) is 11.4. The molecule has 0 spiro atoms. The van der Waals surface area contributed by atoms with Crippen LogP contribution in [-0.4, -0.2) is 31.6 Å². The molecule has 1 atom stereocenters. The maximum Gasteiger partial charge on any atom is 0.119 e. The van der Waals surface area contributed by atoms with Crippen LogP contribution in [0.5, 0.6) is 5.75 Å². The lowest BCUT2D eigenvalue weighted by atomic mass is 9.92. The topological polar surface area (TPSA) is 38.5 Å². The zero-order chi connectivity index (χ0) is 12.9. The Hall–Kier alpha value is -1.06. The summed E-state index contributed by atoms with van der Waals surface area (Å²) in [6, 6.07) is 8.01. The van der Waals surface area contributed by atoms with Gasteiger partial charge in [-0.15, -0.1) is 0 Å². The van der Waals surface area contributed by atoms with Crippen LogP contribution in [0.3, 0.4) is 0 Å².